The second-order valence-electron chi connectivity index (χ2n) is 4.03. The summed E-state index contributed by atoms with van der Waals surface area (Å²) in [6.07, 6.45) is 0. The van der Waals surface area contributed by atoms with Gasteiger partial charge in [0.05, 0.1) is 0 Å². The molecule has 0 spiro atoms. The fraction of sp³-hybridized carbons (Fsp3) is 0.200. The lowest BCUT2D eigenvalue weighted by atomic mass is 9.92. The van der Waals surface area contributed by atoms with Crippen LogP contribution in [0.5, 0.6) is 0 Å². The van der Waals surface area contributed by atoms with E-state index >= 15 is 0 Å². The molecule has 0 fully saturated rings. The van der Waals surface area contributed by atoms with E-state index in [1.807, 2.05) is 0 Å². The molecule has 0 heterocycles. The van der Waals surface area contributed by atoms with E-state index in [1.54, 1.807) is 0 Å². The average Bonchev–Trinajstić information content (AvgIpc) is 2.31. The Bertz CT molecular complexity index is 448. The zero-order chi connectivity index (χ0) is 11.4. The minimum absolute atomic E-state index is 0.445. The zero-order valence-electron chi connectivity index (χ0n) is 9.36. The average molecular weight is 275 g/mol. The van der Waals surface area contributed by atoms with Crippen molar-refractivity contribution < 1.29 is 0 Å². The van der Waals surface area contributed by atoms with Crippen LogP contribution in [0.15, 0.2) is 54.6 Å². The fourth-order valence-electron chi connectivity index (χ4n) is 1.94. The van der Waals surface area contributed by atoms with Crippen molar-refractivity contribution in [2.45, 2.75) is 12.8 Å². The smallest absolute Gasteiger partial charge is 0.0186 e. The highest BCUT2D eigenvalue weighted by molar-refractivity contribution is 9.09. The van der Waals surface area contributed by atoms with Gasteiger partial charge in [-0.1, -0.05) is 76.1 Å². The van der Waals surface area contributed by atoms with E-state index in [0.717, 1.165) is 5.33 Å². The van der Waals surface area contributed by atoms with E-state index in [-0.39, 0.29) is 0 Å². The summed E-state index contributed by atoms with van der Waals surface area (Å²) < 4.78 is 0. The standard InChI is InChI=1S/C15H15Br/c1-12-6-5-9-14(10-12)15(11-16)13-7-3-2-4-8-13/h2-10,15H,11H2,1H3. The Morgan fingerprint density at radius 1 is 0.938 bits per heavy atom. The minimum atomic E-state index is 0.445. The van der Waals surface area contributed by atoms with Crippen LogP contribution in [0.2, 0.25) is 0 Å². The molecule has 0 saturated heterocycles. The van der Waals surface area contributed by atoms with Crippen LogP contribution in [0.3, 0.4) is 0 Å². The first-order chi connectivity index (χ1) is 7.81. The molecule has 0 aromatic heterocycles. The lowest BCUT2D eigenvalue weighted by Crippen LogP contribution is -2.02. The van der Waals surface area contributed by atoms with Crippen molar-refractivity contribution in [1.29, 1.82) is 0 Å². The molecule has 0 nitrogen and oxygen atoms in total. The van der Waals surface area contributed by atoms with Gasteiger partial charge in [-0.15, -0.1) is 0 Å². The van der Waals surface area contributed by atoms with Gasteiger partial charge in [-0.2, -0.15) is 0 Å². The van der Waals surface area contributed by atoms with Gasteiger partial charge in [0, 0.05) is 11.2 Å². The third-order valence-electron chi connectivity index (χ3n) is 2.80. The summed E-state index contributed by atoms with van der Waals surface area (Å²) in [5.74, 6) is 0.445. The predicted molar refractivity (Wildman–Crippen MR) is 73.3 cm³/mol. The van der Waals surface area contributed by atoms with Gasteiger partial charge in [0.1, 0.15) is 0 Å². The molecule has 0 amide bonds. The fourth-order valence-corrected chi connectivity index (χ4v) is 2.69. The van der Waals surface area contributed by atoms with Gasteiger partial charge in [-0.05, 0) is 18.1 Å². The van der Waals surface area contributed by atoms with Gasteiger partial charge < -0.3 is 0 Å². The molecule has 2 rings (SSSR count). The Kier molecular flexibility index (Phi) is 3.79. The molecule has 2 aromatic carbocycles. The van der Waals surface area contributed by atoms with Crippen LogP contribution in [-0.4, -0.2) is 5.33 Å². The molecule has 82 valence electrons. The van der Waals surface area contributed by atoms with E-state index in [9.17, 15) is 0 Å². The molecule has 1 unspecified atom stereocenters. The lowest BCUT2D eigenvalue weighted by Gasteiger charge is -2.15. The first kappa shape index (κ1) is 11.4. The summed E-state index contributed by atoms with van der Waals surface area (Å²) in [7, 11) is 0. The molecule has 0 aliphatic carbocycles. The highest BCUT2D eigenvalue weighted by Gasteiger charge is 2.11. The van der Waals surface area contributed by atoms with E-state index in [0.29, 0.717) is 5.92 Å². The summed E-state index contributed by atoms with van der Waals surface area (Å²) in [6, 6.07) is 19.4. The maximum Gasteiger partial charge on any atom is 0.0186 e. The third-order valence-corrected chi connectivity index (χ3v) is 3.45. The van der Waals surface area contributed by atoms with Crippen LogP contribution in [-0.2, 0) is 0 Å². The predicted octanol–water partition coefficient (Wildman–Crippen LogP) is 4.52. The molecule has 0 saturated carbocycles. The highest BCUT2D eigenvalue weighted by atomic mass is 79.9. The molecular weight excluding hydrogens is 260 g/mol. The topological polar surface area (TPSA) is 0 Å². The molecule has 0 bridgehead atoms. The summed E-state index contributed by atoms with van der Waals surface area (Å²) >= 11 is 3.61. The van der Waals surface area contributed by atoms with Crippen LogP contribution in [0.4, 0.5) is 0 Å². The van der Waals surface area contributed by atoms with Crippen molar-refractivity contribution in [3.8, 4) is 0 Å². The number of hydrogen-bond acceptors (Lipinski definition) is 0. The van der Waals surface area contributed by atoms with Gasteiger partial charge in [-0.25, -0.2) is 0 Å². The number of alkyl halides is 1. The van der Waals surface area contributed by atoms with Crippen molar-refractivity contribution in [3.63, 3.8) is 0 Å². The van der Waals surface area contributed by atoms with E-state index in [2.05, 4.69) is 77.5 Å². The minimum Gasteiger partial charge on any atom is -0.0918 e. The van der Waals surface area contributed by atoms with Crippen LogP contribution < -0.4 is 0 Å². The normalized spacial score (nSPS) is 12.4. The molecule has 0 aliphatic heterocycles. The number of aryl methyl sites for hydroxylation is 1. The molecular formula is C15H15Br. The Hall–Kier alpha value is -1.08. The largest absolute Gasteiger partial charge is 0.0918 e. The first-order valence-corrected chi connectivity index (χ1v) is 6.61. The summed E-state index contributed by atoms with van der Waals surface area (Å²) in [6.45, 7) is 2.14. The second-order valence-corrected chi connectivity index (χ2v) is 4.68. The van der Waals surface area contributed by atoms with Crippen molar-refractivity contribution in [3.05, 3.63) is 71.3 Å². The number of halogens is 1. The molecule has 1 atom stereocenters. The molecule has 2 aromatic rings. The molecule has 0 aliphatic rings. The van der Waals surface area contributed by atoms with Gasteiger partial charge >= 0.3 is 0 Å². The Morgan fingerprint density at radius 3 is 2.25 bits per heavy atom. The Balaban J connectivity index is 2.37. The van der Waals surface area contributed by atoms with Crippen molar-refractivity contribution in [2.24, 2.45) is 0 Å². The first-order valence-electron chi connectivity index (χ1n) is 5.48. The Morgan fingerprint density at radius 2 is 1.62 bits per heavy atom. The monoisotopic (exact) mass is 274 g/mol. The van der Waals surface area contributed by atoms with Gasteiger partial charge in [0.2, 0.25) is 0 Å². The van der Waals surface area contributed by atoms with Crippen LogP contribution >= 0.6 is 15.9 Å². The van der Waals surface area contributed by atoms with Gasteiger partial charge in [-0.3, -0.25) is 0 Å². The van der Waals surface area contributed by atoms with Crippen molar-refractivity contribution in [1.82, 2.24) is 0 Å². The second kappa shape index (κ2) is 5.31. The zero-order valence-corrected chi connectivity index (χ0v) is 10.9. The summed E-state index contributed by atoms with van der Waals surface area (Å²) in [4.78, 5) is 0. The highest BCUT2D eigenvalue weighted by Crippen LogP contribution is 2.26. The van der Waals surface area contributed by atoms with Crippen LogP contribution in [0.1, 0.15) is 22.6 Å². The Labute approximate surface area is 105 Å². The van der Waals surface area contributed by atoms with Gasteiger partial charge in [0.15, 0.2) is 0 Å². The maximum absolute atomic E-state index is 3.61. The quantitative estimate of drug-likeness (QED) is 0.722. The van der Waals surface area contributed by atoms with Crippen LogP contribution in [0.25, 0.3) is 0 Å². The molecule has 16 heavy (non-hydrogen) atoms. The summed E-state index contributed by atoms with van der Waals surface area (Å²) in [5, 5.41) is 0.959. The third kappa shape index (κ3) is 2.53. The SMILES string of the molecule is Cc1cccc(C(CBr)c2ccccc2)c1. The van der Waals surface area contributed by atoms with Crippen molar-refractivity contribution >= 4 is 15.9 Å². The van der Waals surface area contributed by atoms with E-state index < -0.39 is 0 Å². The number of hydrogen-bond donors (Lipinski definition) is 0. The van der Waals surface area contributed by atoms with E-state index in [4.69, 9.17) is 0 Å². The molecule has 0 N–H and O–H groups in total. The molecule has 0 radical (unpaired) electrons. The van der Waals surface area contributed by atoms with Gasteiger partial charge in [0.25, 0.3) is 0 Å². The summed E-state index contributed by atoms with van der Waals surface area (Å²) in [5.41, 5.74) is 4.06. The van der Waals surface area contributed by atoms with Crippen molar-refractivity contribution in [2.75, 3.05) is 5.33 Å². The van der Waals surface area contributed by atoms with E-state index in [1.165, 1.54) is 16.7 Å². The maximum atomic E-state index is 3.61. The lowest BCUT2D eigenvalue weighted by molar-refractivity contribution is 0.942. The number of benzene rings is 2. The molecule has 1 heteroatoms. The van der Waals surface area contributed by atoms with Crippen LogP contribution in [0, 0.1) is 6.92 Å². The number of rotatable bonds is 3.